The molecule has 1 aromatic carbocycles. The van der Waals surface area contributed by atoms with E-state index in [1.54, 1.807) is 10.6 Å². The van der Waals surface area contributed by atoms with Crippen molar-refractivity contribution >= 4 is 17.0 Å². The molecule has 1 amide bonds. The third kappa shape index (κ3) is 2.85. The van der Waals surface area contributed by atoms with Gasteiger partial charge in [0.2, 0.25) is 0 Å². The first-order chi connectivity index (χ1) is 11.7. The van der Waals surface area contributed by atoms with Gasteiger partial charge in [0.25, 0.3) is 5.91 Å². The van der Waals surface area contributed by atoms with Gasteiger partial charge in [-0.3, -0.25) is 14.3 Å². The van der Waals surface area contributed by atoms with Gasteiger partial charge in [0.15, 0.2) is 5.58 Å². The third-order valence-electron chi connectivity index (χ3n) is 4.80. The quantitative estimate of drug-likeness (QED) is 0.835. The van der Waals surface area contributed by atoms with Gasteiger partial charge in [0, 0.05) is 32.8 Å². The zero-order valence-corrected chi connectivity index (χ0v) is 13.5. The van der Waals surface area contributed by atoms with Crippen molar-refractivity contribution in [2.75, 3.05) is 32.8 Å². The van der Waals surface area contributed by atoms with E-state index in [0.717, 1.165) is 31.4 Å². The highest BCUT2D eigenvalue weighted by atomic mass is 16.5. The topological polar surface area (TPSA) is 67.9 Å². The molecule has 2 fully saturated rings. The fourth-order valence-corrected chi connectivity index (χ4v) is 3.43. The lowest BCUT2D eigenvalue weighted by molar-refractivity contribution is -0.142. The summed E-state index contributed by atoms with van der Waals surface area (Å²) in [6.45, 7) is 3.99. The maximum absolute atomic E-state index is 12.4. The van der Waals surface area contributed by atoms with Crippen molar-refractivity contribution < 1.29 is 13.9 Å². The molecule has 2 saturated heterocycles. The predicted molar refractivity (Wildman–Crippen MR) is 87.6 cm³/mol. The van der Waals surface area contributed by atoms with Crippen molar-refractivity contribution in [3.63, 3.8) is 0 Å². The fourth-order valence-electron chi connectivity index (χ4n) is 3.43. The smallest absolute Gasteiger partial charge is 0.408 e. The maximum atomic E-state index is 12.4. The number of hydrogen-bond acceptors (Lipinski definition) is 5. The standard InChI is InChI=1S/C17H21N3O4/c21-16(15-6-3-11-23-15)19-9-7-18(8-10-19)12-20-13-4-1-2-5-14(13)24-17(20)22/h1-2,4-5,15H,3,6-12H2/t15-/m0/s1. The van der Waals surface area contributed by atoms with Gasteiger partial charge in [-0.15, -0.1) is 0 Å². The number of para-hydroxylation sites is 2. The molecule has 24 heavy (non-hydrogen) atoms. The van der Waals surface area contributed by atoms with Gasteiger partial charge in [0.1, 0.15) is 6.10 Å². The van der Waals surface area contributed by atoms with Crippen LogP contribution in [0.25, 0.3) is 11.1 Å². The Morgan fingerprint density at radius 1 is 1.17 bits per heavy atom. The Hall–Kier alpha value is -2.12. The third-order valence-corrected chi connectivity index (χ3v) is 4.80. The highest BCUT2D eigenvalue weighted by molar-refractivity contribution is 5.81. The lowest BCUT2D eigenvalue weighted by Gasteiger charge is -2.35. The Morgan fingerprint density at radius 2 is 1.96 bits per heavy atom. The van der Waals surface area contributed by atoms with Crippen LogP contribution in [0.3, 0.4) is 0 Å². The number of piperazine rings is 1. The second-order valence-corrected chi connectivity index (χ2v) is 6.35. The Balaban J connectivity index is 1.40. The molecule has 0 spiro atoms. The summed E-state index contributed by atoms with van der Waals surface area (Å²) in [4.78, 5) is 28.5. The molecule has 0 unspecified atom stereocenters. The number of aromatic nitrogens is 1. The Kier molecular flexibility index (Phi) is 4.12. The summed E-state index contributed by atoms with van der Waals surface area (Å²) in [5.74, 6) is -0.230. The van der Waals surface area contributed by atoms with Gasteiger partial charge in [-0.1, -0.05) is 12.1 Å². The number of ether oxygens (including phenoxy) is 1. The van der Waals surface area contributed by atoms with Crippen molar-refractivity contribution in [3.05, 3.63) is 34.8 Å². The Labute approximate surface area is 139 Å². The predicted octanol–water partition coefficient (Wildman–Crippen LogP) is 0.875. The number of oxazole rings is 1. The van der Waals surface area contributed by atoms with Crippen molar-refractivity contribution in [1.82, 2.24) is 14.4 Å². The summed E-state index contributed by atoms with van der Waals surface area (Å²) in [6.07, 6.45) is 1.54. The lowest BCUT2D eigenvalue weighted by atomic mass is 10.2. The van der Waals surface area contributed by atoms with E-state index in [9.17, 15) is 9.59 Å². The normalized spacial score (nSPS) is 22.3. The van der Waals surface area contributed by atoms with Crippen LogP contribution >= 0.6 is 0 Å². The fraction of sp³-hybridized carbons (Fsp3) is 0.529. The number of rotatable bonds is 3. The first-order valence-corrected chi connectivity index (χ1v) is 8.43. The lowest BCUT2D eigenvalue weighted by Crippen LogP contribution is -2.51. The summed E-state index contributed by atoms with van der Waals surface area (Å²) in [6, 6.07) is 7.43. The molecule has 4 rings (SSSR count). The Bertz CT molecular complexity index is 782. The van der Waals surface area contributed by atoms with Crippen LogP contribution < -0.4 is 5.76 Å². The monoisotopic (exact) mass is 331 g/mol. The number of benzene rings is 1. The molecular formula is C17H21N3O4. The maximum Gasteiger partial charge on any atom is 0.421 e. The molecule has 1 aromatic heterocycles. The van der Waals surface area contributed by atoms with Gasteiger partial charge < -0.3 is 14.1 Å². The van der Waals surface area contributed by atoms with Crippen LogP contribution in [0, 0.1) is 0 Å². The SMILES string of the molecule is O=C([C@@H]1CCCO1)N1CCN(Cn2c(=O)oc3ccccc32)CC1. The molecule has 0 radical (unpaired) electrons. The average molecular weight is 331 g/mol. The van der Waals surface area contributed by atoms with Crippen LogP contribution in [0.4, 0.5) is 0 Å². The van der Waals surface area contributed by atoms with Crippen LogP contribution in [0.5, 0.6) is 0 Å². The molecule has 0 N–H and O–H groups in total. The van der Waals surface area contributed by atoms with E-state index in [4.69, 9.17) is 9.15 Å². The first-order valence-electron chi connectivity index (χ1n) is 8.43. The molecule has 2 aliphatic heterocycles. The van der Waals surface area contributed by atoms with Crippen LogP contribution in [0.15, 0.2) is 33.5 Å². The minimum atomic E-state index is -0.339. The van der Waals surface area contributed by atoms with Gasteiger partial charge in [0.05, 0.1) is 12.2 Å². The molecule has 0 aliphatic carbocycles. The van der Waals surface area contributed by atoms with Crippen LogP contribution in [0.1, 0.15) is 12.8 Å². The van der Waals surface area contributed by atoms with Gasteiger partial charge in [-0.2, -0.15) is 0 Å². The molecule has 7 nitrogen and oxygen atoms in total. The number of carbonyl (C=O) groups excluding carboxylic acids is 1. The largest absolute Gasteiger partial charge is 0.421 e. The summed E-state index contributed by atoms with van der Waals surface area (Å²) >= 11 is 0. The number of hydrogen-bond donors (Lipinski definition) is 0. The van der Waals surface area contributed by atoms with Gasteiger partial charge in [-0.25, -0.2) is 4.79 Å². The minimum Gasteiger partial charge on any atom is -0.408 e. The van der Waals surface area contributed by atoms with Gasteiger partial charge >= 0.3 is 5.76 Å². The summed E-state index contributed by atoms with van der Waals surface area (Å²) < 4.78 is 12.4. The number of carbonyl (C=O) groups is 1. The number of fused-ring (bicyclic) bond motifs is 1. The van der Waals surface area contributed by atoms with E-state index < -0.39 is 0 Å². The van der Waals surface area contributed by atoms with Crippen molar-refractivity contribution in [2.24, 2.45) is 0 Å². The Morgan fingerprint density at radius 3 is 2.71 bits per heavy atom. The number of nitrogens with zero attached hydrogens (tertiary/aromatic N) is 3. The second-order valence-electron chi connectivity index (χ2n) is 6.35. The van der Waals surface area contributed by atoms with Crippen LogP contribution in [-0.2, 0) is 16.2 Å². The van der Waals surface area contributed by atoms with E-state index >= 15 is 0 Å². The number of amides is 1. The molecule has 7 heteroatoms. The van der Waals surface area contributed by atoms with Gasteiger partial charge in [-0.05, 0) is 25.0 Å². The van der Waals surface area contributed by atoms with E-state index in [0.29, 0.717) is 31.9 Å². The molecular weight excluding hydrogens is 310 g/mol. The minimum absolute atomic E-state index is 0.109. The van der Waals surface area contributed by atoms with Crippen molar-refractivity contribution in [3.8, 4) is 0 Å². The second kappa shape index (κ2) is 6.41. The molecule has 128 valence electrons. The molecule has 3 heterocycles. The average Bonchev–Trinajstić information content (AvgIpc) is 3.24. The van der Waals surface area contributed by atoms with E-state index in [1.807, 2.05) is 23.1 Å². The highest BCUT2D eigenvalue weighted by Gasteiger charge is 2.30. The summed E-state index contributed by atoms with van der Waals surface area (Å²) in [7, 11) is 0. The molecule has 1 atom stereocenters. The van der Waals surface area contributed by atoms with Crippen molar-refractivity contribution in [2.45, 2.75) is 25.6 Å². The first kappa shape index (κ1) is 15.4. The highest BCUT2D eigenvalue weighted by Crippen LogP contribution is 2.17. The van der Waals surface area contributed by atoms with E-state index in [2.05, 4.69) is 4.90 Å². The zero-order chi connectivity index (χ0) is 16.5. The molecule has 0 saturated carbocycles. The molecule has 0 bridgehead atoms. The van der Waals surface area contributed by atoms with E-state index in [-0.39, 0.29) is 17.8 Å². The van der Waals surface area contributed by atoms with Crippen molar-refractivity contribution in [1.29, 1.82) is 0 Å². The van der Waals surface area contributed by atoms with Crippen LogP contribution in [-0.4, -0.2) is 59.2 Å². The molecule has 2 aromatic rings. The van der Waals surface area contributed by atoms with E-state index in [1.165, 1.54) is 0 Å². The van der Waals surface area contributed by atoms with Crippen LogP contribution in [0.2, 0.25) is 0 Å². The summed E-state index contributed by atoms with van der Waals surface area (Å²) in [5, 5.41) is 0. The zero-order valence-electron chi connectivity index (χ0n) is 13.5. The molecule has 2 aliphatic rings. The summed E-state index contributed by atoms with van der Waals surface area (Å²) in [5.41, 5.74) is 1.41.